The zero-order valence-electron chi connectivity index (χ0n) is 15.8. The van der Waals surface area contributed by atoms with Gasteiger partial charge in [-0.05, 0) is 36.6 Å². The second-order valence-electron chi connectivity index (χ2n) is 7.61. The molecule has 2 aromatic rings. The third-order valence-electron chi connectivity index (χ3n) is 5.64. The molecule has 0 spiro atoms. The van der Waals surface area contributed by atoms with Crippen molar-refractivity contribution in [3.05, 3.63) is 69.5 Å². The molecule has 2 amide bonds. The Labute approximate surface area is 166 Å². The number of aryl methyl sites for hydroxylation is 1. The highest BCUT2D eigenvalue weighted by Crippen LogP contribution is 2.42. The van der Waals surface area contributed by atoms with Gasteiger partial charge in [0.2, 0.25) is 17.6 Å². The van der Waals surface area contributed by atoms with Crippen molar-refractivity contribution in [2.75, 3.05) is 11.4 Å². The van der Waals surface area contributed by atoms with Gasteiger partial charge in [0.25, 0.3) is 0 Å². The molecule has 0 radical (unpaired) electrons. The van der Waals surface area contributed by atoms with Gasteiger partial charge in [-0.25, -0.2) is 0 Å². The predicted molar refractivity (Wildman–Crippen MR) is 104 cm³/mol. The maximum Gasteiger partial charge on any atom is 0.306 e. The van der Waals surface area contributed by atoms with Gasteiger partial charge in [-0.3, -0.25) is 19.7 Å². The molecule has 8 heteroatoms. The zero-order valence-corrected chi connectivity index (χ0v) is 15.8. The van der Waals surface area contributed by atoms with Crippen molar-refractivity contribution in [2.45, 2.75) is 31.7 Å². The van der Waals surface area contributed by atoms with Gasteiger partial charge in [-0.15, -0.1) is 0 Å². The van der Waals surface area contributed by atoms with E-state index in [0.29, 0.717) is 0 Å². The smallest absolute Gasteiger partial charge is 0.306 e. The summed E-state index contributed by atoms with van der Waals surface area (Å²) < 4.78 is 13.6. The number of benzene rings is 2. The normalized spacial score (nSPS) is 23.2. The minimum absolute atomic E-state index is 0.0265. The Hall–Kier alpha value is -3.29. The fourth-order valence-electron chi connectivity index (χ4n) is 3.94. The monoisotopic (exact) mass is 397 g/mol. The summed E-state index contributed by atoms with van der Waals surface area (Å²) in [6.45, 7) is 2.16. The van der Waals surface area contributed by atoms with Gasteiger partial charge in [0.15, 0.2) is 0 Å². The highest BCUT2D eigenvalue weighted by molar-refractivity contribution is 6.00. The van der Waals surface area contributed by atoms with Crippen LogP contribution < -0.4 is 10.2 Å². The van der Waals surface area contributed by atoms with Crippen LogP contribution in [0.25, 0.3) is 0 Å². The van der Waals surface area contributed by atoms with Gasteiger partial charge in [0.05, 0.1) is 16.5 Å². The van der Waals surface area contributed by atoms with Crippen molar-refractivity contribution in [1.29, 1.82) is 0 Å². The molecule has 1 N–H and O–H groups in total. The predicted octanol–water partition coefficient (Wildman–Crippen LogP) is 3.07. The number of hydrogen-bond donors (Lipinski definition) is 1. The topological polar surface area (TPSA) is 92.6 Å². The van der Waals surface area contributed by atoms with E-state index in [4.69, 9.17) is 0 Å². The molecule has 2 aliphatic rings. The minimum atomic E-state index is -0.962. The Bertz CT molecular complexity index is 1010. The summed E-state index contributed by atoms with van der Waals surface area (Å²) in [4.78, 5) is 36.4. The van der Waals surface area contributed by atoms with Gasteiger partial charge >= 0.3 is 5.69 Å². The number of nitrogens with zero attached hydrogens (tertiary/aromatic N) is 2. The lowest BCUT2D eigenvalue weighted by Gasteiger charge is -2.16. The molecule has 7 nitrogen and oxygen atoms in total. The summed E-state index contributed by atoms with van der Waals surface area (Å²) >= 11 is 0. The molecular formula is C21H20FN3O4. The Morgan fingerprint density at radius 2 is 2.03 bits per heavy atom. The molecule has 0 unspecified atom stereocenters. The van der Waals surface area contributed by atoms with E-state index in [2.05, 4.69) is 11.4 Å². The van der Waals surface area contributed by atoms with E-state index in [9.17, 15) is 24.1 Å². The van der Waals surface area contributed by atoms with Crippen molar-refractivity contribution in [1.82, 2.24) is 5.32 Å². The molecule has 0 bridgehead atoms. The Kier molecular flexibility index (Phi) is 4.77. The lowest BCUT2D eigenvalue weighted by Crippen LogP contribution is -2.34. The number of anilines is 1. The summed E-state index contributed by atoms with van der Waals surface area (Å²) in [5.74, 6) is -1.72. The van der Waals surface area contributed by atoms with Gasteiger partial charge < -0.3 is 10.2 Å². The molecular weight excluding hydrogens is 377 g/mol. The van der Waals surface area contributed by atoms with Gasteiger partial charge in [-0.1, -0.05) is 24.3 Å². The molecule has 150 valence electrons. The summed E-state index contributed by atoms with van der Waals surface area (Å²) in [5, 5.41) is 14.0. The van der Waals surface area contributed by atoms with Crippen molar-refractivity contribution in [3.8, 4) is 0 Å². The molecule has 1 saturated carbocycles. The third-order valence-corrected chi connectivity index (χ3v) is 5.64. The van der Waals surface area contributed by atoms with Crippen LogP contribution in [0.2, 0.25) is 0 Å². The standard InChI is InChI=1S/C21H20FN3O4/c1-12-4-2-3-5-15(12)16-10-18(16)23-21(27)13-8-20(26)24(11-13)14-6-7-17(22)19(9-14)25(28)29/h2-7,9,13,16,18H,8,10-11H2,1H3,(H,23,27)/t13-,16+,18+/m1/s1. The molecule has 1 aliphatic heterocycles. The first kappa shape index (κ1) is 19.0. The van der Waals surface area contributed by atoms with Crippen molar-refractivity contribution >= 4 is 23.2 Å². The summed E-state index contributed by atoms with van der Waals surface area (Å²) in [7, 11) is 0. The van der Waals surface area contributed by atoms with E-state index in [1.807, 2.05) is 25.1 Å². The van der Waals surface area contributed by atoms with Crippen LogP contribution in [0.3, 0.4) is 0 Å². The number of halogens is 1. The van der Waals surface area contributed by atoms with Gasteiger partial charge in [0.1, 0.15) is 0 Å². The molecule has 0 aromatic heterocycles. The minimum Gasteiger partial charge on any atom is -0.352 e. The number of rotatable bonds is 5. The lowest BCUT2D eigenvalue weighted by molar-refractivity contribution is -0.387. The number of nitro benzene ring substituents is 1. The van der Waals surface area contributed by atoms with E-state index in [1.54, 1.807) is 0 Å². The SMILES string of the molecule is Cc1ccccc1[C@@H]1C[C@@H]1NC(=O)[C@@H]1CC(=O)N(c2ccc(F)c([N+](=O)[O-])c2)C1. The summed E-state index contributed by atoms with van der Waals surface area (Å²) in [6, 6.07) is 11.4. The highest BCUT2D eigenvalue weighted by atomic mass is 19.1. The summed E-state index contributed by atoms with van der Waals surface area (Å²) in [5.41, 5.74) is 1.94. The van der Waals surface area contributed by atoms with Crippen LogP contribution in [0.1, 0.15) is 29.9 Å². The Morgan fingerprint density at radius 3 is 2.76 bits per heavy atom. The fourth-order valence-corrected chi connectivity index (χ4v) is 3.94. The van der Waals surface area contributed by atoms with E-state index < -0.39 is 22.3 Å². The quantitative estimate of drug-likeness (QED) is 0.620. The number of nitrogens with one attached hydrogen (secondary N) is 1. The number of carbonyl (C=O) groups is 2. The second-order valence-corrected chi connectivity index (χ2v) is 7.61. The van der Waals surface area contributed by atoms with E-state index in [-0.39, 0.29) is 42.4 Å². The van der Waals surface area contributed by atoms with Gasteiger partial charge in [-0.2, -0.15) is 4.39 Å². The Balaban J connectivity index is 1.41. The fraction of sp³-hybridized carbons (Fsp3) is 0.333. The first-order chi connectivity index (χ1) is 13.8. The molecule has 3 atom stereocenters. The van der Waals surface area contributed by atoms with Crippen LogP contribution in [0.15, 0.2) is 42.5 Å². The van der Waals surface area contributed by atoms with Crippen molar-refractivity contribution < 1.29 is 18.9 Å². The summed E-state index contributed by atoms with van der Waals surface area (Å²) in [6.07, 6.45) is 0.893. The lowest BCUT2D eigenvalue weighted by atomic mass is 10.0. The zero-order chi connectivity index (χ0) is 20.7. The third kappa shape index (κ3) is 3.70. The first-order valence-corrected chi connectivity index (χ1v) is 9.45. The molecule has 1 aliphatic carbocycles. The van der Waals surface area contributed by atoms with Crippen molar-refractivity contribution in [3.63, 3.8) is 0 Å². The average Bonchev–Trinajstić information content (AvgIpc) is 3.32. The number of amides is 2. The number of carbonyl (C=O) groups excluding carboxylic acids is 2. The highest BCUT2D eigenvalue weighted by Gasteiger charge is 2.43. The van der Waals surface area contributed by atoms with Crippen LogP contribution in [-0.2, 0) is 9.59 Å². The average molecular weight is 397 g/mol. The number of nitro groups is 1. The van der Waals surface area contributed by atoms with E-state index >= 15 is 0 Å². The first-order valence-electron chi connectivity index (χ1n) is 9.45. The van der Waals surface area contributed by atoms with E-state index in [0.717, 1.165) is 18.6 Å². The largest absolute Gasteiger partial charge is 0.352 e. The van der Waals surface area contributed by atoms with Crippen LogP contribution in [0.5, 0.6) is 0 Å². The van der Waals surface area contributed by atoms with Gasteiger partial charge in [0, 0.05) is 31.0 Å². The number of hydrogen-bond acceptors (Lipinski definition) is 4. The second kappa shape index (κ2) is 7.27. The molecule has 2 aromatic carbocycles. The molecule has 2 fully saturated rings. The maximum atomic E-state index is 13.6. The molecule has 4 rings (SSSR count). The maximum absolute atomic E-state index is 13.6. The molecule has 29 heavy (non-hydrogen) atoms. The van der Waals surface area contributed by atoms with E-state index in [1.165, 1.54) is 22.1 Å². The molecule has 1 saturated heterocycles. The van der Waals surface area contributed by atoms with Crippen molar-refractivity contribution in [2.24, 2.45) is 5.92 Å². The van der Waals surface area contributed by atoms with Crippen LogP contribution >= 0.6 is 0 Å². The van der Waals surface area contributed by atoms with Crippen LogP contribution in [0.4, 0.5) is 15.8 Å². The Morgan fingerprint density at radius 1 is 1.28 bits per heavy atom. The van der Waals surface area contributed by atoms with Crippen LogP contribution in [-0.4, -0.2) is 29.3 Å². The molecule has 1 heterocycles. The van der Waals surface area contributed by atoms with Crippen LogP contribution in [0, 0.1) is 28.8 Å².